The van der Waals surface area contributed by atoms with Crippen LogP contribution in [0, 0.1) is 18.8 Å². The minimum absolute atomic E-state index is 0.0327. The van der Waals surface area contributed by atoms with Crippen molar-refractivity contribution in [2.75, 3.05) is 5.32 Å². The third kappa shape index (κ3) is 2.45. The van der Waals surface area contributed by atoms with Gasteiger partial charge in [-0.3, -0.25) is 4.79 Å². The first-order chi connectivity index (χ1) is 8.52. The van der Waals surface area contributed by atoms with Gasteiger partial charge >= 0.3 is 0 Å². The van der Waals surface area contributed by atoms with Crippen molar-refractivity contribution in [3.05, 3.63) is 29.3 Å². The van der Waals surface area contributed by atoms with E-state index in [0.29, 0.717) is 17.2 Å². The molecular weight excluding hydrogens is 230 g/mol. The van der Waals surface area contributed by atoms with Gasteiger partial charge in [-0.05, 0) is 30.9 Å². The molecule has 2 unspecified atom stereocenters. The van der Waals surface area contributed by atoms with Crippen molar-refractivity contribution in [2.24, 2.45) is 22.7 Å². The molecule has 1 saturated carbocycles. The molecule has 0 spiro atoms. The smallest absolute Gasteiger partial charge is 0.227 e. The summed E-state index contributed by atoms with van der Waals surface area (Å²) >= 11 is 0. The Morgan fingerprint density at radius 2 is 2.22 bits per heavy atom. The quantitative estimate of drug-likeness (QED) is 0.328. The standard InChI is InChI=1S/C13H17N3O2/c1-7-3-4-9(12(14)16-18)6-11(7)15-13(17)10-5-8(10)2/h3-4,6,8,10,18H,5H2,1-2H3,(H2,14,16)(H,15,17). The number of nitrogens with two attached hydrogens (primary N) is 1. The molecule has 0 radical (unpaired) electrons. The molecule has 0 heterocycles. The molecule has 96 valence electrons. The van der Waals surface area contributed by atoms with Crippen LogP contribution >= 0.6 is 0 Å². The van der Waals surface area contributed by atoms with E-state index in [1.165, 1.54) is 0 Å². The second kappa shape index (κ2) is 4.68. The molecule has 1 aromatic rings. The van der Waals surface area contributed by atoms with Gasteiger partial charge in [0.2, 0.25) is 5.91 Å². The number of amides is 1. The molecule has 5 nitrogen and oxygen atoms in total. The van der Waals surface area contributed by atoms with Crippen LogP contribution in [0.1, 0.15) is 24.5 Å². The Kier molecular flexibility index (Phi) is 3.23. The normalized spacial score (nSPS) is 22.7. The fraction of sp³-hybridized carbons (Fsp3) is 0.385. The number of nitrogens with zero attached hydrogens (tertiary/aromatic N) is 1. The molecule has 5 heteroatoms. The van der Waals surface area contributed by atoms with E-state index in [2.05, 4.69) is 17.4 Å². The van der Waals surface area contributed by atoms with E-state index in [1.807, 2.05) is 13.0 Å². The Balaban J connectivity index is 2.19. The lowest BCUT2D eigenvalue weighted by Gasteiger charge is -2.10. The number of carbonyl (C=O) groups is 1. The molecule has 2 rings (SSSR count). The van der Waals surface area contributed by atoms with E-state index in [9.17, 15) is 4.79 Å². The van der Waals surface area contributed by atoms with Crippen LogP contribution in [0.2, 0.25) is 0 Å². The van der Waals surface area contributed by atoms with Gasteiger partial charge in [-0.2, -0.15) is 0 Å². The highest BCUT2D eigenvalue weighted by atomic mass is 16.4. The molecule has 4 N–H and O–H groups in total. The molecule has 0 saturated heterocycles. The highest BCUT2D eigenvalue weighted by Crippen LogP contribution is 2.38. The lowest BCUT2D eigenvalue weighted by atomic mass is 10.1. The van der Waals surface area contributed by atoms with Gasteiger partial charge in [0.05, 0.1) is 0 Å². The summed E-state index contributed by atoms with van der Waals surface area (Å²) in [6.45, 7) is 3.96. The van der Waals surface area contributed by atoms with Crippen LogP contribution in [0.4, 0.5) is 5.69 Å². The molecule has 2 atom stereocenters. The zero-order valence-electron chi connectivity index (χ0n) is 10.5. The number of aryl methyl sites for hydroxylation is 1. The largest absolute Gasteiger partial charge is 0.409 e. The van der Waals surface area contributed by atoms with Crippen LogP contribution in [0.3, 0.4) is 0 Å². The van der Waals surface area contributed by atoms with E-state index in [-0.39, 0.29) is 17.7 Å². The third-order valence-corrected chi connectivity index (χ3v) is 3.35. The number of benzene rings is 1. The maximum Gasteiger partial charge on any atom is 0.227 e. The van der Waals surface area contributed by atoms with E-state index in [4.69, 9.17) is 10.9 Å². The summed E-state index contributed by atoms with van der Waals surface area (Å²) in [5.41, 5.74) is 7.77. The van der Waals surface area contributed by atoms with Gasteiger partial charge in [0.1, 0.15) is 0 Å². The van der Waals surface area contributed by atoms with Crippen molar-refractivity contribution in [2.45, 2.75) is 20.3 Å². The molecule has 1 aliphatic carbocycles. The highest BCUT2D eigenvalue weighted by molar-refractivity contribution is 6.00. The van der Waals surface area contributed by atoms with Gasteiger partial charge in [0.25, 0.3) is 0 Å². The predicted octanol–water partition coefficient (Wildman–Crippen LogP) is 1.68. The summed E-state index contributed by atoms with van der Waals surface area (Å²) in [6, 6.07) is 5.30. The van der Waals surface area contributed by atoms with Crippen molar-refractivity contribution in [3.8, 4) is 0 Å². The number of nitrogens with one attached hydrogen (secondary N) is 1. The van der Waals surface area contributed by atoms with Gasteiger partial charge in [0.15, 0.2) is 5.84 Å². The Bertz CT molecular complexity index is 511. The monoisotopic (exact) mass is 247 g/mol. The van der Waals surface area contributed by atoms with Crippen LogP contribution in [0.15, 0.2) is 23.4 Å². The maximum absolute atomic E-state index is 11.9. The fourth-order valence-electron chi connectivity index (χ4n) is 1.89. The van der Waals surface area contributed by atoms with E-state index < -0.39 is 0 Å². The molecule has 1 aromatic carbocycles. The number of hydrogen-bond donors (Lipinski definition) is 3. The number of amidine groups is 1. The first-order valence-corrected chi connectivity index (χ1v) is 5.92. The predicted molar refractivity (Wildman–Crippen MR) is 69.6 cm³/mol. The summed E-state index contributed by atoms with van der Waals surface area (Å²) in [6.07, 6.45) is 0.949. The highest BCUT2D eigenvalue weighted by Gasteiger charge is 2.39. The van der Waals surface area contributed by atoms with Crippen molar-refractivity contribution in [3.63, 3.8) is 0 Å². The average molecular weight is 247 g/mol. The molecule has 1 amide bonds. The summed E-state index contributed by atoms with van der Waals surface area (Å²) in [7, 11) is 0. The SMILES string of the molecule is Cc1ccc(/C(N)=N/O)cc1NC(=O)C1CC1C. The second-order valence-electron chi connectivity index (χ2n) is 4.82. The van der Waals surface area contributed by atoms with Crippen molar-refractivity contribution in [1.82, 2.24) is 0 Å². The summed E-state index contributed by atoms with van der Waals surface area (Å²) in [4.78, 5) is 11.9. The number of carbonyl (C=O) groups excluding carboxylic acids is 1. The Morgan fingerprint density at radius 3 is 2.78 bits per heavy atom. The topological polar surface area (TPSA) is 87.7 Å². The van der Waals surface area contributed by atoms with Gasteiger partial charge in [0, 0.05) is 17.2 Å². The second-order valence-corrected chi connectivity index (χ2v) is 4.82. The van der Waals surface area contributed by atoms with E-state index in [0.717, 1.165) is 12.0 Å². The van der Waals surface area contributed by atoms with E-state index >= 15 is 0 Å². The van der Waals surface area contributed by atoms with E-state index in [1.54, 1.807) is 12.1 Å². The first kappa shape index (κ1) is 12.4. The van der Waals surface area contributed by atoms with Crippen molar-refractivity contribution in [1.29, 1.82) is 0 Å². The van der Waals surface area contributed by atoms with Gasteiger partial charge in [-0.25, -0.2) is 0 Å². The Labute approximate surface area is 106 Å². The van der Waals surface area contributed by atoms with Gasteiger partial charge < -0.3 is 16.3 Å². The zero-order valence-corrected chi connectivity index (χ0v) is 10.5. The molecule has 1 aliphatic rings. The lowest BCUT2D eigenvalue weighted by molar-refractivity contribution is -0.117. The van der Waals surface area contributed by atoms with Gasteiger partial charge in [-0.15, -0.1) is 0 Å². The Hall–Kier alpha value is -2.04. The summed E-state index contributed by atoms with van der Waals surface area (Å²) < 4.78 is 0. The minimum Gasteiger partial charge on any atom is -0.409 e. The molecule has 18 heavy (non-hydrogen) atoms. The molecule has 0 aliphatic heterocycles. The average Bonchev–Trinajstić information content (AvgIpc) is 3.08. The van der Waals surface area contributed by atoms with Gasteiger partial charge in [-0.1, -0.05) is 24.2 Å². The first-order valence-electron chi connectivity index (χ1n) is 5.92. The number of rotatable bonds is 3. The molecule has 0 bridgehead atoms. The number of hydrogen-bond acceptors (Lipinski definition) is 3. The Morgan fingerprint density at radius 1 is 1.56 bits per heavy atom. The van der Waals surface area contributed by atoms with Crippen LogP contribution in [0.25, 0.3) is 0 Å². The third-order valence-electron chi connectivity index (χ3n) is 3.35. The molecule has 1 fully saturated rings. The fourth-order valence-corrected chi connectivity index (χ4v) is 1.89. The molecule has 0 aromatic heterocycles. The minimum atomic E-state index is 0.0327. The van der Waals surface area contributed by atoms with Crippen molar-refractivity contribution >= 4 is 17.4 Å². The summed E-state index contributed by atoms with van der Waals surface area (Å²) in [5, 5.41) is 14.5. The number of oxime groups is 1. The van der Waals surface area contributed by atoms with Crippen LogP contribution in [0.5, 0.6) is 0 Å². The van der Waals surface area contributed by atoms with Crippen molar-refractivity contribution < 1.29 is 10.0 Å². The zero-order chi connectivity index (χ0) is 13.3. The number of anilines is 1. The van der Waals surface area contributed by atoms with Crippen LogP contribution < -0.4 is 11.1 Å². The summed E-state index contributed by atoms with van der Waals surface area (Å²) in [5.74, 6) is 0.669. The maximum atomic E-state index is 11.9. The molecular formula is C13H17N3O2. The lowest BCUT2D eigenvalue weighted by Crippen LogP contribution is -2.17. The van der Waals surface area contributed by atoms with Crippen LogP contribution in [-0.2, 0) is 4.79 Å². The van der Waals surface area contributed by atoms with Crippen LogP contribution in [-0.4, -0.2) is 17.0 Å².